The summed E-state index contributed by atoms with van der Waals surface area (Å²) < 4.78 is 11.1. The van der Waals surface area contributed by atoms with Crippen molar-refractivity contribution in [2.45, 2.75) is 12.6 Å². The molecule has 0 aliphatic carbocycles. The monoisotopic (exact) mass is 257 g/mol. The van der Waals surface area contributed by atoms with Gasteiger partial charge in [0.25, 0.3) is 0 Å². The lowest BCUT2D eigenvalue weighted by Crippen LogP contribution is -2.56. The minimum atomic E-state index is -0.514. The van der Waals surface area contributed by atoms with Gasteiger partial charge >= 0.3 is 0 Å². The Balaban J connectivity index is 0.00000144. The van der Waals surface area contributed by atoms with E-state index in [1.165, 1.54) is 0 Å². The quantitative estimate of drug-likeness (QED) is 0.837. The molecule has 0 radical (unpaired) electrons. The van der Waals surface area contributed by atoms with Gasteiger partial charge in [-0.3, -0.25) is 10.1 Å². The maximum absolute atomic E-state index is 10.6. The maximum atomic E-state index is 10.6. The molecular formula is C12H16ClNO3. The summed E-state index contributed by atoms with van der Waals surface area (Å²) in [5.41, 5.74) is 0.0950. The fourth-order valence-electron chi connectivity index (χ4n) is 1.68. The molecule has 1 heterocycles. The van der Waals surface area contributed by atoms with Crippen LogP contribution in [0.25, 0.3) is 0 Å². The molecule has 1 saturated heterocycles. The van der Waals surface area contributed by atoms with E-state index in [-0.39, 0.29) is 12.4 Å². The van der Waals surface area contributed by atoms with Gasteiger partial charge in [0, 0.05) is 12.1 Å². The lowest BCUT2D eigenvalue weighted by Gasteiger charge is -2.35. The Bertz CT molecular complexity index is 378. The zero-order chi connectivity index (χ0) is 11.4. The maximum Gasteiger partial charge on any atom is 0.181 e. The van der Waals surface area contributed by atoms with Crippen LogP contribution in [0.15, 0.2) is 24.3 Å². The molecule has 0 amide bonds. The molecule has 0 bridgehead atoms. The first-order chi connectivity index (χ1) is 7.72. The number of carbonyl (C=O) groups is 1. The summed E-state index contributed by atoms with van der Waals surface area (Å²) >= 11 is 0. The topological polar surface area (TPSA) is 47.6 Å². The smallest absolute Gasteiger partial charge is 0.181 e. The van der Waals surface area contributed by atoms with E-state index in [1.54, 1.807) is 18.2 Å². The van der Waals surface area contributed by atoms with E-state index >= 15 is 0 Å². The van der Waals surface area contributed by atoms with E-state index in [4.69, 9.17) is 9.47 Å². The summed E-state index contributed by atoms with van der Waals surface area (Å²) in [6.45, 7) is 3.90. The molecule has 1 aliphatic rings. The molecule has 2 rings (SSSR count). The van der Waals surface area contributed by atoms with Crippen LogP contribution in [-0.2, 0) is 4.74 Å². The first kappa shape index (κ1) is 14.0. The van der Waals surface area contributed by atoms with Gasteiger partial charge < -0.3 is 9.47 Å². The lowest BCUT2D eigenvalue weighted by atomic mass is 10.2. The van der Waals surface area contributed by atoms with Gasteiger partial charge in [0.05, 0.1) is 6.61 Å². The number of hydrogen-bond acceptors (Lipinski definition) is 4. The molecule has 0 unspecified atom stereocenters. The second kappa shape index (κ2) is 6.00. The van der Waals surface area contributed by atoms with Crippen molar-refractivity contribution < 1.29 is 14.3 Å². The Labute approximate surface area is 107 Å². The molecule has 5 heteroatoms. The highest BCUT2D eigenvalue weighted by Crippen LogP contribution is 2.19. The Morgan fingerprint density at radius 2 is 2.35 bits per heavy atom. The van der Waals surface area contributed by atoms with Crippen molar-refractivity contribution >= 4 is 18.7 Å². The number of rotatable bonds is 3. The zero-order valence-corrected chi connectivity index (χ0v) is 10.5. The summed E-state index contributed by atoms with van der Waals surface area (Å²) in [5.74, 6) is 0.671. The van der Waals surface area contributed by atoms with E-state index < -0.39 is 5.72 Å². The van der Waals surface area contributed by atoms with Crippen LogP contribution in [0.2, 0.25) is 0 Å². The molecular weight excluding hydrogens is 242 g/mol. The van der Waals surface area contributed by atoms with E-state index in [0.717, 1.165) is 12.8 Å². The minimum absolute atomic E-state index is 0. The van der Waals surface area contributed by atoms with Crippen molar-refractivity contribution in [1.82, 2.24) is 5.32 Å². The standard InChI is InChI=1S/C12H15NO3.ClH/c1-12(9-15-6-5-13-12)16-11-4-2-3-10(7-11)8-14;/h2-4,7-8,13H,5-6,9H2,1H3;1H/t12-;/m1./s1. The second-order valence-electron chi connectivity index (χ2n) is 4.00. The van der Waals surface area contributed by atoms with Crippen LogP contribution in [0.1, 0.15) is 17.3 Å². The Hall–Kier alpha value is -1.10. The fraction of sp³-hybridized carbons (Fsp3) is 0.417. The normalized spacial score (nSPS) is 23.6. The van der Waals surface area contributed by atoms with Crippen molar-refractivity contribution in [3.8, 4) is 5.75 Å². The predicted octanol–water partition coefficient (Wildman–Crippen LogP) is 1.64. The molecule has 0 spiro atoms. The lowest BCUT2D eigenvalue weighted by molar-refractivity contribution is -0.0702. The van der Waals surface area contributed by atoms with Gasteiger partial charge in [-0.2, -0.15) is 0 Å². The van der Waals surface area contributed by atoms with Crippen LogP contribution in [0.4, 0.5) is 0 Å². The number of aldehydes is 1. The van der Waals surface area contributed by atoms with Gasteiger partial charge in [-0.15, -0.1) is 12.4 Å². The third kappa shape index (κ3) is 3.70. The van der Waals surface area contributed by atoms with E-state index in [2.05, 4.69) is 5.32 Å². The van der Waals surface area contributed by atoms with Crippen molar-refractivity contribution in [1.29, 1.82) is 0 Å². The second-order valence-corrected chi connectivity index (χ2v) is 4.00. The third-order valence-corrected chi connectivity index (χ3v) is 2.46. The van der Waals surface area contributed by atoms with Gasteiger partial charge in [0.1, 0.15) is 18.6 Å². The molecule has 1 aromatic carbocycles. The molecule has 1 N–H and O–H groups in total. The van der Waals surface area contributed by atoms with Crippen LogP contribution < -0.4 is 10.1 Å². The van der Waals surface area contributed by atoms with Crippen molar-refractivity contribution in [3.05, 3.63) is 29.8 Å². The first-order valence-corrected chi connectivity index (χ1v) is 5.29. The molecule has 0 aromatic heterocycles. The molecule has 1 aliphatic heterocycles. The van der Waals surface area contributed by atoms with E-state index in [9.17, 15) is 4.79 Å². The number of ether oxygens (including phenoxy) is 2. The Morgan fingerprint density at radius 1 is 1.53 bits per heavy atom. The van der Waals surface area contributed by atoms with Crippen LogP contribution in [-0.4, -0.2) is 31.8 Å². The molecule has 4 nitrogen and oxygen atoms in total. The van der Waals surface area contributed by atoms with Gasteiger partial charge in [0.2, 0.25) is 0 Å². The molecule has 1 atom stereocenters. The van der Waals surface area contributed by atoms with E-state index in [1.807, 2.05) is 13.0 Å². The van der Waals surface area contributed by atoms with Crippen molar-refractivity contribution in [2.24, 2.45) is 0 Å². The predicted molar refractivity (Wildman–Crippen MR) is 66.9 cm³/mol. The van der Waals surface area contributed by atoms with Gasteiger partial charge in [-0.05, 0) is 19.1 Å². The van der Waals surface area contributed by atoms with Crippen LogP contribution in [0.3, 0.4) is 0 Å². The van der Waals surface area contributed by atoms with Crippen molar-refractivity contribution in [3.63, 3.8) is 0 Å². The van der Waals surface area contributed by atoms with E-state index in [0.29, 0.717) is 24.5 Å². The Kier molecular flexibility index (Phi) is 4.93. The average molecular weight is 258 g/mol. The molecule has 94 valence electrons. The van der Waals surface area contributed by atoms with Gasteiger partial charge in [-0.1, -0.05) is 12.1 Å². The highest BCUT2D eigenvalue weighted by molar-refractivity contribution is 5.85. The van der Waals surface area contributed by atoms with Crippen LogP contribution >= 0.6 is 12.4 Å². The number of halogens is 1. The zero-order valence-electron chi connectivity index (χ0n) is 9.64. The summed E-state index contributed by atoms with van der Waals surface area (Å²) in [6, 6.07) is 7.09. The summed E-state index contributed by atoms with van der Waals surface area (Å²) in [6.07, 6.45) is 0.806. The van der Waals surface area contributed by atoms with Crippen LogP contribution in [0, 0.1) is 0 Å². The van der Waals surface area contributed by atoms with Crippen molar-refractivity contribution in [2.75, 3.05) is 19.8 Å². The first-order valence-electron chi connectivity index (χ1n) is 5.29. The average Bonchev–Trinajstić information content (AvgIpc) is 2.29. The minimum Gasteiger partial charge on any atom is -0.471 e. The summed E-state index contributed by atoms with van der Waals surface area (Å²) in [5, 5.41) is 3.25. The number of benzene rings is 1. The SMILES string of the molecule is C[C@@]1(Oc2cccc(C=O)c2)COCCN1.Cl. The van der Waals surface area contributed by atoms with Gasteiger partial charge in [0.15, 0.2) is 5.72 Å². The third-order valence-electron chi connectivity index (χ3n) is 2.46. The molecule has 17 heavy (non-hydrogen) atoms. The molecule has 0 saturated carbocycles. The highest BCUT2D eigenvalue weighted by atomic mass is 35.5. The Morgan fingerprint density at radius 3 is 3.00 bits per heavy atom. The number of hydrogen-bond donors (Lipinski definition) is 1. The van der Waals surface area contributed by atoms with Crippen LogP contribution in [0.5, 0.6) is 5.75 Å². The molecule has 1 aromatic rings. The summed E-state index contributed by atoms with van der Waals surface area (Å²) in [4.78, 5) is 10.6. The number of carbonyl (C=O) groups excluding carboxylic acids is 1. The van der Waals surface area contributed by atoms with Gasteiger partial charge in [-0.25, -0.2) is 0 Å². The fourth-order valence-corrected chi connectivity index (χ4v) is 1.68. The molecule has 1 fully saturated rings. The number of nitrogens with one attached hydrogen (secondary N) is 1. The summed E-state index contributed by atoms with van der Waals surface area (Å²) in [7, 11) is 0. The number of morpholine rings is 1. The largest absolute Gasteiger partial charge is 0.471 e. The highest BCUT2D eigenvalue weighted by Gasteiger charge is 2.29.